The largest absolute Gasteiger partial charge is 0.487 e. The van der Waals surface area contributed by atoms with E-state index >= 15 is 0 Å². The molecule has 14 heavy (non-hydrogen) atoms. The van der Waals surface area contributed by atoms with Crippen LogP contribution in [0.1, 0.15) is 5.56 Å². The molecular weight excluding hydrogens is 176 g/mol. The predicted molar refractivity (Wildman–Crippen MR) is 52.8 cm³/mol. The van der Waals surface area contributed by atoms with Crippen LogP contribution >= 0.6 is 0 Å². The summed E-state index contributed by atoms with van der Waals surface area (Å²) in [4.78, 5) is 7.96. The van der Waals surface area contributed by atoms with E-state index in [2.05, 4.69) is 9.97 Å². The van der Waals surface area contributed by atoms with Crippen molar-refractivity contribution in [1.29, 1.82) is 0 Å². The molecule has 0 radical (unpaired) electrons. The van der Waals surface area contributed by atoms with Gasteiger partial charge in [0.25, 0.3) is 0 Å². The fourth-order valence-electron chi connectivity index (χ4n) is 1.08. The highest BCUT2D eigenvalue weighted by molar-refractivity contribution is 5.16. The van der Waals surface area contributed by atoms with E-state index in [9.17, 15) is 0 Å². The lowest BCUT2D eigenvalue weighted by Gasteiger charge is -2.04. The van der Waals surface area contributed by atoms with E-state index in [1.54, 1.807) is 24.8 Å². The smallest absolute Gasteiger partial charge is 0.138 e. The van der Waals surface area contributed by atoms with E-state index in [-0.39, 0.29) is 0 Å². The standard InChI is InChI=1S/C11H10N2O/c1-3-10(7-12-5-1)9-14-11-4-2-6-13-8-11/h1-8H,9H2. The normalized spacial score (nSPS) is 9.71. The Hall–Kier alpha value is -1.90. The van der Waals surface area contributed by atoms with Crippen LogP contribution in [-0.2, 0) is 6.61 Å². The average Bonchev–Trinajstić information content (AvgIpc) is 2.29. The van der Waals surface area contributed by atoms with Crippen LogP contribution in [0.5, 0.6) is 5.75 Å². The highest BCUT2D eigenvalue weighted by Crippen LogP contribution is 2.08. The maximum Gasteiger partial charge on any atom is 0.138 e. The van der Waals surface area contributed by atoms with Gasteiger partial charge in [-0.15, -0.1) is 0 Å². The number of ether oxygens (including phenoxy) is 1. The SMILES string of the molecule is c1cncc(COc2cccnc2)c1. The summed E-state index contributed by atoms with van der Waals surface area (Å²) in [5.74, 6) is 0.774. The molecule has 2 heterocycles. The summed E-state index contributed by atoms with van der Waals surface area (Å²) in [5.41, 5.74) is 1.05. The molecule has 3 heteroatoms. The molecular formula is C11H10N2O. The quantitative estimate of drug-likeness (QED) is 0.735. The van der Waals surface area contributed by atoms with Gasteiger partial charge in [0.1, 0.15) is 12.4 Å². The molecule has 70 valence electrons. The third-order valence-corrected chi connectivity index (χ3v) is 1.76. The molecule has 0 fully saturated rings. The van der Waals surface area contributed by atoms with Crippen molar-refractivity contribution in [3.63, 3.8) is 0 Å². The second kappa shape index (κ2) is 4.37. The van der Waals surface area contributed by atoms with Crippen LogP contribution in [0, 0.1) is 0 Å². The first-order chi connectivity index (χ1) is 6.95. The van der Waals surface area contributed by atoms with Crippen molar-refractivity contribution in [2.24, 2.45) is 0 Å². The third-order valence-electron chi connectivity index (χ3n) is 1.76. The van der Waals surface area contributed by atoms with Gasteiger partial charge in [0.15, 0.2) is 0 Å². The van der Waals surface area contributed by atoms with Gasteiger partial charge in [0.2, 0.25) is 0 Å². The molecule has 0 atom stereocenters. The lowest BCUT2D eigenvalue weighted by molar-refractivity contribution is 0.304. The summed E-state index contributed by atoms with van der Waals surface area (Å²) >= 11 is 0. The van der Waals surface area contributed by atoms with Gasteiger partial charge in [0, 0.05) is 24.2 Å². The molecule has 0 aromatic carbocycles. The fraction of sp³-hybridized carbons (Fsp3) is 0.0909. The number of nitrogens with zero attached hydrogens (tertiary/aromatic N) is 2. The van der Waals surface area contributed by atoms with Crippen LogP contribution in [-0.4, -0.2) is 9.97 Å². The van der Waals surface area contributed by atoms with E-state index in [0.29, 0.717) is 6.61 Å². The molecule has 0 saturated heterocycles. The summed E-state index contributed by atoms with van der Waals surface area (Å²) in [6.45, 7) is 0.527. The maximum atomic E-state index is 5.49. The van der Waals surface area contributed by atoms with Gasteiger partial charge in [-0.3, -0.25) is 9.97 Å². The van der Waals surface area contributed by atoms with E-state index < -0.39 is 0 Å². The van der Waals surface area contributed by atoms with Gasteiger partial charge in [-0.25, -0.2) is 0 Å². The Morgan fingerprint density at radius 3 is 2.43 bits per heavy atom. The minimum Gasteiger partial charge on any atom is -0.487 e. The molecule has 0 spiro atoms. The van der Waals surface area contributed by atoms with Gasteiger partial charge < -0.3 is 4.74 Å². The summed E-state index contributed by atoms with van der Waals surface area (Å²) < 4.78 is 5.49. The lowest BCUT2D eigenvalue weighted by Crippen LogP contribution is -1.95. The van der Waals surface area contributed by atoms with E-state index in [1.807, 2.05) is 24.3 Å². The van der Waals surface area contributed by atoms with Gasteiger partial charge >= 0.3 is 0 Å². The Kier molecular flexibility index (Phi) is 2.71. The predicted octanol–water partition coefficient (Wildman–Crippen LogP) is 2.06. The molecule has 2 aromatic heterocycles. The van der Waals surface area contributed by atoms with Crippen molar-refractivity contribution < 1.29 is 4.74 Å². The molecule has 0 amide bonds. The van der Waals surface area contributed by atoms with E-state index in [1.165, 1.54) is 0 Å². The summed E-state index contributed by atoms with van der Waals surface area (Å²) in [6, 6.07) is 7.59. The Morgan fingerprint density at radius 2 is 1.79 bits per heavy atom. The van der Waals surface area contributed by atoms with E-state index in [0.717, 1.165) is 11.3 Å². The number of hydrogen-bond acceptors (Lipinski definition) is 3. The summed E-state index contributed by atoms with van der Waals surface area (Å²) in [7, 11) is 0. The molecule has 0 bridgehead atoms. The van der Waals surface area contributed by atoms with Crippen molar-refractivity contribution in [2.45, 2.75) is 6.61 Å². The number of rotatable bonds is 3. The minimum absolute atomic E-state index is 0.527. The topological polar surface area (TPSA) is 35.0 Å². The molecule has 2 rings (SSSR count). The van der Waals surface area contributed by atoms with Crippen LogP contribution in [0.15, 0.2) is 49.1 Å². The van der Waals surface area contributed by atoms with Gasteiger partial charge in [-0.05, 0) is 18.2 Å². The van der Waals surface area contributed by atoms with Crippen molar-refractivity contribution >= 4 is 0 Å². The van der Waals surface area contributed by atoms with Crippen molar-refractivity contribution in [3.05, 3.63) is 54.6 Å². The maximum absolute atomic E-state index is 5.49. The second-order valence-corrected chi connectivity index (χ2v) is 2.84. The molecule has 0 aliphatic rings. The van der Waals surface area contributed by atoms with Crippen LogP contribution in [0.4, 0.5) is 0 Å². The van der Waals surface area contributed by atoms with Crippen LogP contribution in [0.3, 0.4) is 0 Å². The molecule has 0 saturated carbocycles. The zero-order chi connectivity index (χ0) is 9.64. The van der Waals surface area contributed by atoms with Crippen LogP contribution in [0.2, 0.25) is 0 Å². The average molecular weight is 186 g/mol. The zero-order valence-electron chi connectivity index (χ0n) is 7.63. The van der Waals surface area contributed by atoms with E-state index in [4.69, 9.17) is 4.74 Å². The second-order valence-electron chi connectivity index (χ2n) is 2.84. The number of pyridine rings is 2. The summed E-state index contributed by atoms with van der Waals surface area (Å²) in [5, 5.41) is 0. The van der Waals surface area contributed by atoms with Crippen LogP contribution < -0.4 is 4.74 Å². The first-order valence-corrected chi connectivity index (χ1v) is 4.37. The highest BCUT2D eigenvalue weighted by atomic mass is 16.5. The van der Waals surface area contributed by atoms with Crippen molar-refractivity contribution in [3.8, 4) is 5.75 Å². The minimum atomic E-state index is 0.527. The van der Waals surface area contributed by atoms with Gasteiger partial charge in [-0.2, -0.15) is 0 Å². The third kappa shape index (κ3) is 2.29. The molecule has 0 aliphatic carbocycles. The highest BCUT2D eigenvalue weighted by Gasteiger charge is 1.94. The van der Waals surface area contributed by atoms with Crippen molar-refractivity contribution in [1.82, 2.24) is 9.97 Å². The number of hydrogen-bond donors (Lipinski definition) is 0. The Morgan fingerprint density at radius 1 is 1.00 bits per heavy atom. The molecule has 0 aliphatic heterocycles. The first kappa shape index (κ1) is 8.69. The zero-order valence-corrected chi connectivity index (χ0v) is 7.63. The Bertz CT molecular complexity index is 336. The molecule has 3 nitrogen and oxygen atoms in total. The summed E-state index contributed by atoms with van der Waals surface area (Å²) in [6.07, 6.45) is 6.94. The fourth-order valence-corrected chi connectivity index (χ4v) is 1.08. The van der Waals surface area contributed by atoms with Gasteiger partial charge in [-0.1, -0.05) is 6.07 Å². The molecule has 0 unspecified atom stereocenters. The first-order valence-electron chi connectivity index (χ1n) is 4.37. The monoisotopic (exact) mass is 186 g/mol. The molecule has 2 aromatic rings. The molecule has 0 N–H and O–H groups in total. The van der Waals surface area contributed by atoms with Crippen LogP contribution in [0.25, 0.3) is 0 Å². The lowest BCUT2D eigenvalue weighted by atomic mass is 10.3. The van der Waals surface area contributed by atoms with Gasteiger partial charge in [0.05, 0.1) is 6.20 Å². The Labute approximate surface area is 82.4 Å². The number of aromatic nitrogens is 2. The Balaban J connectivity index is 1.96. The van der Waals surface area contributed by atoms with Crippen molar-refractivity contribution in [2.75, 3.05) is 0 Å².